The number of hydrazine groups is 1. The summed E-state index contributed by atoms with van der Waals surface area (Å²) in [7, 11) is 0. The maximum atomic E-state index is 12.3. The summed E-state index contributed by atoms with van der Waals surface area (Å²) < 4.78 is 5.94. The van der Waals surface area contributed by atoms with Crippen molar-refractivity contribution in [3.63, 3.8) is 0 Å². The lowest BCUT2D eigenvalue weighted by Crippen LogP contribution is -2.35. The number of benzene rings is 1. The Labute approximate surface area is 123 Å². The molecule has 0 saturated carbocycles. The Morgan fingerprint density at radius 3 is 2.75 bits per heavy atom. The molecule has 1 aromatic heterocycles. The molecule has 3 rings (SSSR count). The number of furan rings is 1. The van der Waals surface area contributed by atoms with Gasteiger partial charge in [-0.1, -0.05) is 22.0 Å². The molecule has 20 heavy (non-hydrogen) atoms. The molecule has 100 valence electrons. The van der Waals surface area contributed by atoms with E-state index in [9.17, 15) is 9.59 Å². The summed E-state index contributed by atoms with van der Waals surface area (Å²) in [6, 6.07) is 10.5. The Bertz CT molecular complexity index is 707. The lowest BCUT2D eigenvalue weighted by Gasteiger charge is -2.14. The van der Waals surface area contributed by atoms with E-state index < -0.39 is 11.8 Å². The van der Waals surface area contributed by atoms with Crippen LogP contribution in [0, 0.1) is 0 Å². The van der Waals surface area contributed by atoms with E-state index >= 15 is 0 Å². The van der Waals surface area contributed by atoms with Crippen molar-refractivity contribution in [3.8, 4) is 0 Å². The molecular formula is C14H9BrN2O3. The summed E-state index contributed by atoms with van der Waals surface area (Å²) in [5, 5.41) is 1.21. The number of halogens is 1. The molecular weight excluding hydrogens is 324 g/mol. The van der Waals surface area contributed by atoms with Gasteiger partial charge in [0.1, 0.15) is 11.3 Å². The number of carbonyl (C=O) groups is 2. The zero-order valence-corrected chi connectivity index (χ0v) is 11.8. The zero-order valence-electron chi connectivity index (χ0n) is 10.2. The third-order valence-corrected chi connectivity index (χ3v) is 3.28. The van der Waals surface area contributed by atoms with Crippen molar-refractivity contribution < 1.29 is 14.0 Å². The predicted octanol–water partition coefficient (Wildman–Crippen LogP) is 2.50. The summed E-state index contributed by atoms with van der Waals surface area (Å²) in [5.41, 5.74) is 3.15. The van der Waals surface area contributed by atoms with Crippen LogP contribution in [0.3, 0.4) is 0 Å². The number of anilines is 1. The van der Waals surface area contributed by atoms with Crippen molar-refractivity contribution in [2.24, 2.45) is 0 Å². The van der Waals surface area contributed by atoms with Gasteiger partial charge in [0.05, 0.1) is 12.0 Å². The molecule has 1 aliphatic rings. The number of nitrogens with zero attached hydrogens (tertiary/aromatic N) is 1. The first kappa shape index (κ1) is 12.7. The van der Waals surface area contributed by atoms with Gasteiger partial charge < -0.3 is 4.42 Å². The van der Waals surface area contributed by atoms with Crippen LogP contribution in [0.25, 0.3) is 6.08 Å². The summed E-state index contributed by atoms with van der Waals surface area (Å²) >= 11 is 3.33. The molecule has 1 saturated heterocycles. The van der Waals surface area contributed by atoms with E-state index in [4.69, 9.17) is 4.42 Å². The number of hydrogen-bond donors (Lipinski definition) is 1. The molecule has 1 fully saturated rings. The van der Waals surface area contributed by atoms with Crippen LogP contribution in [0.4, 0.5) is 5.69 Å². The molecule has 0 aliphatic carbocycles. The van der Waals surface area contributed by atoms with Gasteiger partial charge in [0.15, 0.2) is 0 Å². The van der Waals surface area contributed by atoms with E-state index in [-0.39, 0.29) is 5.57 Å². The Hall–Kier alpha value is -2.34. The number of nitrogens with one attached hydrogen (secondary N) is 1. The molecule has 2 aromatic rings. The zero-order chi connectivity index (χ0) is 14.1. The highest BCUT2D eigenvalue weighted by molar-refractivity contribution is 9.10. The molecule has 1 N–H and O–H groups in total. The maximum Gasteiger partial charge on any atom is 0.282 e. The van der Waals surface area contributed by atoms with Crippen molar-refractivity contribution in [1.82, 2.24) is 5.43 Å². The van der Waals surface area contributed by atoms with Gasteiger partial charge in [0, 0.05) is 4.47 Å². The van der Waals surface area contributed by atoms with E-state index in [0.29, 0.717) is 11.4 Å². The van der Waals surface area contributed by atoms with Crippen molar-refractivity contribution in [3.05, 3.63) is 58.5 Å². The third kappa shape index (κ3) is 2.25. The molecule has 5 nitrogen and oxygen atoms in total. The molecule has 2 amide bonds. The summed E-state index contributed by atoms with van der Waals surface area (Å²) in [6.07, 6.45) is 2.91. The fourth-order valence-corrected chi connectivity index (χ4v) is 2.26. The van der Waals surface area contributed by atoms with Crippen LogP contribution >= 0.6 is 15.9 Å². The Balaban J connectivity index is 1.95. The van der Waals surface area contributed by atoms with Gasteiger partial charge in [-0.15, -0.1) is 0 Å². The molecule has 6 heteroatoms. The van der Waals surface area contributed by atoms with Gasteiger partial charge in [-0.25, -0.2) is 5.01 Å². The van der Waals surface area contributed by atoms with E-state index in [1.165, 1.54) is 17.3 Å². The van der Waals surface area contributed by atoms with Crippen molar-refractivity contribution >= 4 is 39.5 Å². The predicted molar refractivity (Wildman–Crippen MR) is 76.5 cm³/mol. The van der Waals surface area contributed by atoms with E-state index in [2.05, 4.69) is 21.4 Å². The van der Waals surface area contributed by atoms with Crippen LogP contribution in [0.5, 0.6) is 0 Å². The standard InChI is InChI=1S/C14H9BrN2O3/c15-9-3-1-4-10(7-9)17-14(19)12(13(18)16-17)8-11-5-2-6-20-11/h1-8H,(H,16,18). The molecule has 1 aromatic carbocycles. The number of rotatable bonds is 2. The highest BCUT2D eigenvalue weighted by Gasteiger charge is 2.34. The first-order valence-corrected chi connectivity index (χ1v) is 6.60. The smallest absolute Gasteiger partial charge is 0.282 e. The summed E-state index contributed by atoms with van der Waals surface area (Å²) in [6.45, 7) is 0. The second-order valence-corrected chi connectivity index (χ2v) is 5.05. The number of carbonyl (C=O) groups excluding carboxylic acids is 2. The van der Waals surface area contributed by atoms with Gasteiger partial charge in [0.2, 0.25) is 0 Å². The van der Waals surface area contributed by atoms with Crippen LogP contribution in [-0.4, -0.2) is 11.8 Å². The lowest BCUT2D eigenvalue weighted by atomic mass is 10.2. The highest BCUT2D eigenvalue weighted by Crippen LogP contribution is 2.24. The van der Waals surface area contributed by atoms with Crippen molar-refractivity contribution in [1.29, 1.82) is 0 Å². The minimum atomic E-state index is -0.452. The first-order valence-electron chi connectivity index (χ1n) is 5.81. The van der Waals surface area contributed by atoms with Gasteiger partial charge in [-0.05, 0) is 36.4 Å². The SMILES string of the molecule is O=C1NN(c2cccc(Br)c2)C(=O)C1=Cc1ccco1. The Morgan fingerprint density at radius 1 is 1.20 bits per heavy atom. The third-order valence-electron chi connectivity index (χ3n) is 2.79. The summed E-state index contributed by atoms with van der Waals surface area (Å²) in [4.78, 5) is 24.2. The molecule has 0 unspecified atom stereocenters. The molecule has 0 bridgehead atoms. The second-order valence-electron chi connectivity index (χ2n) is 4.13. The second kappa shape index (κ2) is 4.97. The lowest BCUT2D eigenvalue weighted by molar-refractivity contribution is -0.117. The minimum absolute atomic E-state index is 0.0416. The molecule has 1 aliphatic heterocycles. The van der Waals surface area contributed by atoms with Crippen LogP contribution in [0.1, 0.15) is 5.76 Å². The van der Waals surface area contributed by atoms with E-state index in [0.717, 1.165) is 4.47 Å². The van der Waals surface area contributed by atoms with Gasteiger partial charge >= 0.3 is 0 Å². The monoisotopic (exact) mass is 332 g/mol. The first-order chi connectivity index (χ1) is 9.65. The van der Waals surface area contributed by atoms with Gasteiger partial charge in [0.25, 0.3) is 11.8 Å². The van der Waals surface area contributed by atoms with Crippen LogP contribution in [-0.2, 0) is 9.59 Å². The largest absolute Gasteiger partial charge is 0.465 e. The van der Waals surface area contributed by atoms with Crippen LogP contribution in [0.2, 0.25) is 0 Å². The normalized spacial score (nSPS) is 16.9. The van der Waals surface area contributed by atoms with Crippen LogP contribution < -0.4 is 10.4 Å². The molecule has 2 heterocycles. The van der Waals surface area contributed by atoms with E-state index in [1.807, 2.05) is 6.07 Å². The number of amides is 2. The quantitative estimate of drug-likeness (QED) is 0.678. The fourth-order valence-electron chi connectivity index (χ4n) is 1.87. The maximum absolute atomic E-state index is 12.3. The number of hydrogen-bond acceptors (Lipinski definition) is 3. The molecule has 0 atom stereocenters. The van der Waals surface area contributed by atoms with Crippen LogP contribution in [0.15, 0.2) is 57.1 Å². The van der Waals surface area contributed by atoms with Crippen molar-refractivity contribution in [2.45, 2.75) is 0 Å². The average molecular weight is 333 g/mol. The minimum Gasteiger partial charge on any atom is -0.465 e. The fraction of sp³-hybridized carbons (Fsp3) is 0. The average Bonchev–Trinajstić information content (AvgIpc) is 3.02. The Morgan fingerprint density at radius 2 is 2.05 bits per heavy atom. The van der Waals surface area contributed by atoms with Gasteiger partial charge in [-0.2, -0.15) is 0 Å². The Kier molecular flexibility index (Phi) is 3.15. The topological polar surface area (TPSA) is 62.6 Å². The molecule has 0 spiro atoms. The summed E-state index contributed by atoms with van der Waals surface area (Å²) in [5.74, 6) is -0.407. The highest BCUT2D eigenvalue weighted by atomic mass is 79.9. The van der Waals surface area contributed by atoms with Gasteiger partial charge in [-0.3, -0.25) is 15.0 Å². The van der Waals surface area contributed by atoms with Crippen molar-refractivity contribution in [2.75, 3.05) is 5.01 Å². The molecule has 0 radical (unpaired) electrons. The van der Waals surface area contributed by atoms with E-state index in [1.54, 1.807) is 30.3 Å².